The number of nitrogens with zero attached hydrogens (tertiary/aromatic N) is 1. The lowest BCUT2D eigenvalue weighted by Gasteiger charge is -2.09. The predicted molar refractivity (Wildman–Crippen MR) is 89.1 cm³/mol. The van der Waals surface area contributed by atoms with Gasteiger partial charge in [-0.25, -0.2) is 4.98 Å². The lowest BCUT2D eigenvalue weighted by atomic mass is 10.2. The van der Waals surface area contributed by atoms with Crippen molar-refractivity contribution >= 4 is 67.2 Å². The highest BCUT2D eigenvalue weighted by Gasteiger charge is 2.11. The van der Waals surface area contributed by atoms with Crippen LogP contribution in [0.2, 0.25) is 15.1 Å². The highest BCUT2D eigenvalue weighted by atomic mass is 35.5. The summed E-state index contributed by atoms with van der Waals surface area (Å²) >= 11 is 19.9. The number of aromatic nitrogens is 1. The summed E-state index contributed by atoms with van der Waals surface area (Å²) < 4.78 is 1.01. The fourth-order valence-corrected chi connectivity index (χ4v) is 3.44. The van der Waals surface area contributed by atoms with Crippen molar-refractivity contribution in [1.29, 1.82) is 0 Å². The lowest BCUT2D eigenvalue weighted by molar-refractivity contribution is 1.41. The van der Waals surface area contributed by atoms with Gasteiger partial charge in [0, 0.05) is 5.02 Å². The lowest BCUT2D eigenvalue weighted by Crippen LogP contribution is -1.93. The van der Waals surface area contributed by atoms with Crippen LogP contribution >= 0.6 is 46.1 Å². The van der Waals surface area contributed by atoms with Crippen LogP contribution in [-0.2, 0) is 0 Å². The molecule has 2 aromatic carbocycles. The fourth-order valence-electron chi connectivity index (χ4n) is 1.83. The van der Waals surface area contributed by atoms with Gasteiger partial charge in [0.1, 0.15) is 0 Å². The molecule has 0 unspecified atom stereocenters. The van der Waals surface area contributed by atoms with Gasteiger partial charge in [0.2, 0.25) is 0 Å². The van der Waals surface area contributed by atoms with E-state index in [4.69, 9.17) is 34.8 Å². The van der Waals surface area contributed by atoms with Crippen LogP contribution in [0, 0.1) is 6.92 Å². The van der Waals surface area contributed by atoms with Crippen molar-refractivity contribution in [2.24, 2.45) is 0 Å². The molecule has 1 heterocycles. The molecule has 0 fully saturated rings. The monoisotopic (exact) mass is 342 g/mol. The van der Waals surface area contributed by atoms with Gasteiger partial charge in [-0.2, -0.15) is 0 Å². The molecule has 0 aliphatic rings. The molecule has 20 heavy (non-hydrogen) atoms. The smallest absolute Gasteiger partial charge is 0.188 e. The van der Waals surface area contributed by atoms with Crippen LogP contribution in [0.5, 0.6) is 0 Å². The van der Waals surface area contributed by atoms with Gasteiger partial charge in [0.25, 0.3) is 0 Å². The van der Waals surface area contributed by atoms with Gasteiger partial charge < -0.3 is 5.32 Å². The summed E-state index contributed by atoms with van der Waals surface area (Å²) in [6.07, 6.45) is 0. The van der Waals surface area contributed by atoms with Gasteiger partial charge in [-0.05, 0) is 36.8 Å². The molecule has 2 nitrogen and oxygen atoms in total. The highest BCUT2D eigenvalue weighted by molar-refractivity contribution is 7.22. The zero-order valence-electron chi connectivity index (χ0n) is 10.4. The largest absolute Gasteiger partial charge is 0.329 e. The minimum absolute atomic E-state index is 0.567. The number of anilines is 2. The van der Waals surface area contributed by atoms with E-state index < -0.39 is 0 Å². The molecule has 0 atom stereocenters. The third-order valence-corrected chi connectivity index (χ3v) is 4.84. The number of hydrogen-bond donors (Lipinski definition) is 1. The molecule has 3 aromatic rings. The van der Waals surface area contributed by atoms with Crippen LogP contribution in [0.4, 0.5) is 10.8 Å². The van der Waals surface area contributed by atoms with Crippen molar-refractivity contribution in [3.63, 3.8) is 0 Å². The molecule has 0 saturated carbocycles. The molecule has 0 aliphatic carbocycles. The third kappa shape index (κ3) is 2.59. The zero-order valence-corrected chi connectivity index (χ0v) is 13.5. The summed E-state index contributed by atoms with van der Waals surface area (Å²) in [7, 11) is 0. The van der Waals surface area contributed by atoms with E-state index in [0.29, 0.717) is 20.8 Å². The van der Waals surface area contributed by atoms with Crippen LogP contribution in [0.3, 0.4) is 0 Å². The quantitative estimate of drug-likeness (QED) is 0.590. The van der Waals surface area contributed by atoms with Gasteiger partial charge in [0.05, 0.1) is 25.9 Å². The number of nitrogens with one attached hydrogen (secondary N) is 1. The van der Waals surface area contributed by atoms with E-state index in [1.807, 2.05) is 37.3 Å². The van der Waals surface area contributed by atoms with Crippen molar-refractivity contribution in [3.8, 4) is 0 Å². The van der Waals surface area contributed by atoms with Gasteiger partial charge in [0.15, 0.2) is 5.13 Å². The molecule has 6 heteroatoms. The normalized spacial score (nSPS) is 11.0. The molecule has 0 radical (unpaired) electrons. The summed E-state index contributed by atoms with van der Waals surface area (Å²) in [5, 5.41) is 5.79. The molecule has 0 saturated heterocycles. The number of benzene rings is 2. The Morgan fingerprint density at radius 3 is 2.70 bits per heavy atom. The Labute approximate surface area is 135 Å². The first-order chi connectivity index (χ1) is 9.54. The molecular weight excluding hydrogens is 335 g/mol. The Morgan fingerprint density at radius 2 is 1.90 bits per heavy atom. The van der Waals surface area contributed by atoms with Gasteiger partial charge >= 0.3 is 0 Å². The van der Waals surface area contributed by atoms with Crippen LogP contribution in [0.1, 0.15) is 5.56 Å². The molecule has 1 N–H and O–H groups in total. The summed E-state index contributed by atoms with van der Waals surface area (Å²) in [5.74, 6) is 0. The number of aryl methyl sites for hydroxylation is 1. The molecular formula is C14H9Cl3N2S. The average Bonchev–Trinajstić information content (AvgIpc) is 2.81. The Bertz CT molecular complexity index is 798. The number of hydrogen-bond acceptors (Lipinski definition) is 3. The summed E-state index contributed by atoms with van der Waals surface area (Å²) in [6, 6.07) is 9.29. The molecule has 0 aliphatic heterocycles. The topological polar surface area (TPSA) is 24.9 Å². The van der Waals surface area contributed by atoms with Gasteiger partial charge in [-0.1, -0.05) is 52.2 Å². The molecule has 102 valence electrons. The Kier molecular flexibility index (Phi) is 3.78. The maximum absolute atomic E-state index is 6.28. The fraction of sp³-hybridized carbons (Fsp3) is 0.0714. The number of fused-ring (bicyclic) bond motifs is 1. The zero-order chi connectivity index (χ0) is 14.3. The number of halogens is 3. The first kappa shape index (κ1) is 14.0. The minimum Gasteiger partial charge on any atom is -0.329 e. The van der Waals surface area contributed by atoms with Crippen LogP contribution < -0.4 is 5.32 Å². The second-order valence-corrected chi connectivity index (χ2v) is 6.56. The Hall–Kier alpha value is -1.000. The summed E-state index contributed by atoms with van der Waals surface area (Å²) in [4.78, 5) is 4.49. The SMILES string of the molecule is Cc1ccc(Cl)c(Nc2nc3ccc(Cl)cc3s2)c1Cl. The van der Waals surface area contributed by atoms with E-state index in [-0.39, 0.29) is 0 Å². The van der Waals surface area contributed by atoms with E-state index in [9.17, 15) is 0 Å². The Balaban J connectivity index is 2.03. The molecule has 1 aromatic heterocycles. The average molecular weight is 344 g/mol. The first-order valence-corrected chi connectivity index (χ1v) is 7.77. The van der Waals surface area contributed by atoms with Gasteiger partial charge in [-0.3, -0.25) is 0 Å². The van der Waals surface area contributed by atoms with E-state index >= 15 is 0 Å². The van der Waals surface area contributed by atoms with Crippen molar-refractivity contribution < 1.29 is 0 Å². The molecule has 3 rings (SSSR count). The highest BCUT2D eigenvalue weighted by Crippen LogP contribution is 2.37. The van der Waals surface area contributed by atoms with Gasteiger partial charge in [-0.15, -0.1) is 0 Å². The second kappa shape index (κ2) is 5.41. The third-order valence-electron chi connectivity index (χ3n) is 2.87. The molecule has 0 bridgehead atoms. The van der Waals surface area contributed by atoms with Crippen molar-refractivity contribution in [2.75, 3.05) is 5.32 Å². The van der Waals surface area contributed by atoms with E-state index in [1.54, 1.807) is 0 Å². The number of thiazole rings is 1. The summed E-state index contributed by atoms with van der Waals surface area (Å²) in [6.45, 7) is 1.93. The number of rotatable bonds is 2. The van der Waals surface area contributed by atoms with Crippen molar-refractivity contribution in [2.45, 2.75) is 6.92 Å². The Morgan fingerprint density at radius 1 is 1.10 bits per heavy atom. The minimum atomic E-state index is 0.567. The maximum atomic E-state index is 6.28. The molecule has 0 spiro atoms. The second-order valence-electron chi connectivity index (χ2n) is 4.31. The van der Waals surface area contributed by atoms with Crippen molar-refractivity contribution in [3.05, 3.63) is 51.0 Å². The van der Waals surface area contributed by atoms with Crippen molar-refractivity contribution in [1.82, 2.24) is 4.98 Å². The standard InChI is InChI=1S/C14H9Cl3N2S/c1-7-2-4-9(16)13(12(7)17)19-14-18-10-5-3-8(15)6-11(10)20-14/h2-6H,1H3,(H,18,19). The van der Waals surface area contributed by atoms with Crippen LogP contribution in [0.15, 0.2) is 30.3 Å². The summed E-state index contributed by atoms with van der Waals surface area (Å²) in [5.41, 5.74) is 2.53. The predicted octanol–water partition coefficient (Wildman–Crippen LogP) is 6.31. The van der Waals surface area contributed by atoms with Crippen LogP contribution in [0.25, 0.3) is 10.2 Å². The van der Waals surface area contributed by atoms with Crippen LogP contribution in [-0.4, -0.2) is 4.98 Å². The first-order valence-electron chi connectivity index (χ1n) is 5.82. The molecule has 0 amide bonds. The van der Waals surface area contributed by atoms with E-state index in [1.165, 1.54) is 11.3 Å². The van der Waals surface area contributed by atoms with E-state index in [0.717, 1.165) is 20.9 Å². The van der Waals surface area contributed by atoms with E-state index in [2.05, 4.69) is 10.3 Å². The maximum Gasteiger partial charge on any atom is 0.188 e.